The van der Waals surface area contributed by atoms with Crippen LogP contribution in [-0.2, 0) is 15.3 Å². The zero-order chi connectivity index (χ0) is 11.5. The fraction of sp³-hybridized carbons (Fsp3) is 0.750. The molecule has 1 aliphatic heterocycles. The highest BCUT2D eigenvalue weighted by atomic mass is 35.5. The Morgan fingerprint density at radius 3 is 2.62 bits per heavy atom. The van der Waals surface area contributed by atoms with E-state index < -0.39 is 11.2 Å². The highest BCUT2D eigenvalue weighted by molar-refractivity contribution is 7.82. The molecule has 2 rings (SSSR count). The van der Waals surface area contributed by atoms with Gasteiger partial charge in [-0.2, -0.15) is 4.99 Å². The molecule has 90 valence electrons. The minimum Gasteiger partial charge on any atom is -0.283 e. The Hall–Kier alpha value is 0.320. The second-order valence-corrected chi connectivity index (χ2v) is 5.75. The molecule has 0 aromatic rings. The maximum Gasteiger partial charge on any atom is 0.235 e. The van der Waals surface area contributed by atoms with Gasteiger partial charge in [-0.15, -0.1) is 20.4 Å². The van der Waals surface area contributed by atoms with E-state index in [1.807, 2.05) is 0 Å². The molecule has 1 aliphatic carbocycles. The van der Waals surface area contributed by atoms with Gasteiger partial charge in [-0.25, -0.2) is 0 Å². The first-order chi connectivity index (χ1) is 7.65. The van der Waals surface area contributed by atoms with Crippen molar-refractivity contribution in [2.24, 2.45) is 13.8 Å². The molecular formula is C8H10Cl3N3OS. The maximum absolute atomic E-state index is 6.17. The van der Waals surface area contributed by atoms with Crippen LogP contribution in [-0.4, -0.2) is 22.1 Å². The van der Waals surface area contributed by atoms with Crippen molar-refractivity contribution < 1.29 is 4.18 Å². The fourth-order valence-corrected chi connectivity index (χ4v) is 3.45. The lowest BCUT2D eigenvalue weighted by Gasteiger charge is -2.26. The van der Waals surface area contributed by atoms with Crippen LogP contribution in [0.5, 0.6) is 0 Å². The predicted molar refractivity (Wildman–Crippen MR) is 69.4 cm³/mol. The third-order valence-corrected chi connectivity index (χ3v) is 4.44. The molecule has 8 heteroatoms. The van der Waals surface area contributed by atoms with E-state index in [0.29, 0.717) is 0 Å². The Morgan fingerprint density at radius 2 is 1.94 bits per heavy atom. The summed E-state index contributed by atoms with van der Waals surface area (Å²) in [6.07, 6.45) is 4.12. The van der Waals surface area contributed by atoms with Gasteiger partial charge in [0.1, 0.15) is 0 Å². The van der Waals surface area contributed by atoms with Crippen molar-refractivity contribution in [3.8, 4) is 0 Å². The molecule has 1 heterocycles. The zero-order valence-electron chi connectivity index (χ0n) is 8.28. The molecule has 0 aromatic carbocycles. The molecule has 0 aromatic heterocycles. The lowest BCUT2D eigenvalue weighted by Crippen LogP contribution is -2.29. The van der Waals surface area contributed by atoms with E-state index >= 15 is 0 Å². The van der Waals surface area contributed by atoms with Crippen LogP contribution in [0.4, 0.5) is 0 Å². The SMILES string of the molecule is ClC1=NC(Cl)=NS(O[C@H]2CCCC[C@@H]2Cl)=N1. The lowest BCUT2D eigenvalue weighted by atomic mass is 9.97. The van der Waals surface area contributed by atoms with E-state index in [0.717, 1.165) is 25.7 Å². The van der Waals surface area contributed by atoms with Crippen LogP contribution in [0.25, 0.3) is 0 Å². The van der Waals surface area contributed by atoms with Crippen LogP contribution in [0.3, 0.4) is 0 Å². The molecule has 1 saturated carbocycles. The molecule has 3 atom stereocenters. The van der Waals surface area contributed by atoms with Crippen LogP contribution in [0, 0.1) is 0 Å². The van der Waals surface area contributed by atoms with Gasteiger partial charge in [0.25, 0.3) is 0 Å². The van der Waals surface area contributed by atoms with E-state index in [2.05, 4.69) is 13.8 Å². The summed E-state index contributed by atoms with van der Waals surface area (Å²) in [7, 11) is 0. The third-order valence-electron chi connectivity index (χ3n) is 2.32. The first kappa shape index (κ1) is 12.8. The van der Waals surface area contributed by atoms with Crippen molar-refractivity contribution in [1.82, 2.24) is 0 Å². The summed E-state index contributed by atoms with van der Waals surface area (Å²) in [4.78, 5) is 3.67. The number of amidine groups is 2. The van der Waals surface area contributed by atoms with Gasteiger partial charge in [0.15, 0.2) is 11.2 Å². The molecule has 0 saturated heterocycles. The molecule has 0 N–H and O–H groups in total. The largest absolute Gasteiger partial charge is 0.283 e. The topological polar surface area (TPSA) is 46.3 Å². The first-order valence-electron chi connectivity index (χ1n) is 4.91. The molecule has 0 radical (unpaired) electrons. The van der Waals surface area contributed by atoms with Gasteiger partial charge in [0, 0.05) is 0 Å². The Kier molecular flexibility index (Phi) is 4.61. The number of hydrogen-bond acceptors (Lipinski definition) is 4. The summed E-state index contributed by atoms with van der Waals surface area (Å²) >= 11 is 16.5. The molecule has 1 fully saturated rings. The summed E-state index contributed by atoms with van der Waals surface area (Å²) in [5.74, 6) is 0. The van der Waals surface area contributed by atoms with Crippen LogP contribution in [0.1, 0.15) is 25.7 Å². The van der Waals surface area contributed by atoms with Gasteiger partial charge in [-0.1, -0.05) is 12.8 Å². The molecular weight excluding hydrogens is 293 g/mol. The molecule has 2 aliphatic rings. The normalized spacial score (nSPS) is 35.1. The van der Waals surface area contributed by atoms with E-state index in [1.54, 1.807) is 0 Å². The van der Waals surface area contributed by atoms with Crippen LogP contribution < -0.4 is 0 Å². The predicted octanol–water partition coefficient (Wildman–Crippen LogP) is 3.39. The minimum absolute atomic E-state index is 0.0167. The highest BCUT2D eigenvalue weighted by Gasteiger charge is 2.26. The maximum atomic E-state index is 6.17. The Bertz CT molecular complexity index is 369. The second-order valence-electron chi connectivity index (χ2n) is 3.50. The minimum atomic E-state index is -0.989. The van der Waals surface area contributed by atoms with Gasteiger partial charge < -0.3 is 0 Å². The van der Waals surface area contributed by atoms with Crippen molar-refractivity contribution in [2.45, 2.75) is 37.2 Å². The summed E-state index contributed by atoms with van der Waals surface area (Å²) in [5.41, 5.74) is 0. The summed E-state index contributed by atoms with van der Waals surface area (Å²) in [6.45, 7) is 0. The number of alkyl halides is 1. The Morgan fingerprint density at radius 1 is 1.19 bits per heavy atom. The summed E-state index contributed by atoms with van der Waals surface area (Å²) < 4.78 is 13.6. The molecule has 1 unspecified atom stereocenters. The zero-order valence-corrected chi connectivity index (χ0v) is 11.4. The van der Waals surface area contributed by atoms with Gasteiger partial charge in [-0.3, -0.25) is 4.18 Å². The fourth-order valence-electron chi connectivity index (χ4n) is 1.58. The first-order valence-corrected chi connectivity index (χ1v) is 7.16. The smallest absolute Gasteiger partial charge is 0.235 e. The van der Waals surface area contributed by atoms with Gasteiger partial charge >= 0.3 is 0 Å². The number of nitrogens with zero attached hydrogens (tertiary/aromatic N) is 3. The van der Waals surface area contributed by atoms with Crippen molar-refractivity contribution >= 4 is 56.6 Å². The number of aliphatic imine (C=N–C) groups is 1. The second kappa shape index (κ2) is 5.78. The monoisotopic (exact) mass is 301 g/mol. The van der Waals surface area contributed by atoms with Crippen molar-refractivity contribution in [1.29, 1.82) is 0 Å². The van der Waals surface area contributed by atoms with E-state index in [-0.39, 0.29) is 22.1 Å². The molecule has 4 nitrogen and oxygen atoms in total. The Labute approximate surface area is 111 Å². The highest BCUT2D eigenvalue weighted by Crippen LogP contribution is 2.27. The summed E-state index contributed by atoms with van der Waals surface area (Å²) in [5, 5.41) is 0.165. The number of hydrogen-bond donors (Lipinski definition) is 0. The standard InChI is InChI=1S/C8H10Cl3N3OS/c9-5-3-1-2-4-6(5)15-16-13-7(10)12-8(11)14-16/h5-6H,1-4H2/t5-,6-/m0/s1. The number of rotatable bonds is 2. The molecule has 16 heavy (non-hydrogen) atoms. The van der Waals surface area contributed by atoms with Crippen molar-refractivity contribution in [3.05, 3.63) is 0 Å². The van der Waals surface area contributed by atoms with E-state index in [4.69, 9.17) is 39.0 Å². The quantitative estimate of drug-likeness (QED) is 0.569. The molecule has 0 bridgehead atoms. The lowest BCUT2D eigenvalue weighted by molar-refractivity contribution is 0.185. The van der Waals surface area contributed by atoms with E-state index in [9.17, 15) is 0 Å². The number of halogens is 3. The van der Waals surface area contributed by atoms with Crippen LogP contribution >= 0.6 is 34.8 Å². The van der Waals surface area contributed by atoms with E-state index in [1.165, 1.54) is 0 Å². The molecule has 0 spiro atoms. The van der Waals surface area contributed by atoms with Crippen LogP contribution in [0.2, 0.25) is 0 Å². The van der Waals surface area contributed by atoms with Gasteiger partial charge in [0.05, 0.1) is 11.5 Å². The van der Waals surface area contributed by atoms with Crippen LogP contribution in [0.15, 0.2) is 13.8 Å². The average Bonchev–Trinajstić information content (AvgIpc) is 2.20. The van der Waals surface area contributed by atoms with Crippen molar-refractivity contribution in [3.63, 3.8) is 0 Å². The molecule has 0 amide bonds. The average molecular weight is 303 g/mol. The third kappa shape index (κ3) is 3.40. The summed E-state index contributed by atoms with van der Waals surface area (Å²) in [6, 6.07) is 0. The van der Waals surface area contributed by atoms with Gasteiger partial charge in [0.2, 0.25) is 10.6 Å². The van der Waals surface area contributed by atoms with Gasteiger partial charge in [-0.05, 0) is 36.0 Å². The van der Waals surface area contributed by atoms with Crippen molar-refractivity contribution in [2.75, 3.05) is 0 Å². The Balaban J connectivity index is 2.02.